The van der Waals surface area contributed by atoms with Crippen LogP contribution in [-0.4, -0.2) is 63.8 Å². The fourth-order valence-electron chi connectivity index (χ4n) is 2.44. The van der Waals surface area contributed by atoms with E-state index in [1.54, 1.807) is 21.1 Å². The molecule has 7 nitrogen and oxygen atoms in total. The van der Waals surface area contributed by atoms with Crippen LogP contribution in [0, 0.1) is 0 Å². The highest BCUT2D eigenvalue weighted by atomic mass is 127. The summed E-state index contributed by atoms with van der Waals surface area (Å²) in [5, 5.41) is 6.55. The largest absolute Gasteiger partial charge is 0.484 e. The monoisotopic (exact) mass is 476 g/mol. The van der Waals surface area contributed by atoms with Gasteiger partial charge in [0.25, 0.3) is 5.91 Å². The molecule has 1 atom stereocenters. The second-order valence-electron chi connectivity index (χ2n) is 6.17. The van der Waals surface area contributed by atoms with E-state index in [1.807, 2.05) is 24.3 Å². The van der Waals surface area contributed by atoms with Gasteiger partial charge in [-0.1, -0.05) is 12.1 Å². The molecule has 2 rings (SSSR count). The molecule has 2 N–H and O–H groups in total. The summed E-state index contributed by atoms with van der Waals surface area (Å²) in [5.74, 6) is 1.35. The van der Waals surface area contributed by atoms with Gasteiger partial charge in [0.15, 0.2) is 12.6 Å². The molecule has 1 aromatic rings. The second kappa shape index (κ2) is 11.9. The van der Waals surface area contributed by atoms with Crippen LogP contribution in [0.4, 0.5) is 0 Å². The lowest BCUT2D eigenvalue weighted by Gasteiger charge is -2.15. The number of ether oxygens (including phenoxy) is 2. The summed E-state index contributed by atoms with van der Waals surface area (Å²) >= 11 is 0. The van der Waals surface area contributed by atoms with Crippen LogP contribution in [0.3, 0.4) is 0 Å². The Labute approximate surface area is 172 Å². The number of amides is 1. The predicted octanol–water partition coefficient (Wildman–Crippen LogP) is 1.62. The molecule has 0 spiro atoms. The summed E-state index contributed by atoms with van der Waals surface area (Å²) in [6.45, 7) is 2.26. The maximum atomic E-state index is 11.6. The zero-order valence-electron chi connectivity index (χ0n) is 15.7. The third kappa shape index (κ3) is 7.77. The minimum Gasteiger partial charge on any atom is -0.484 e. The van der Waals surface area contributed by atoms with Crippen LogP contribution in [0.1, 0.15) is 18.4 Å². The van der Waals surface area contributed by atoms with Crippen LogP contribution in [0.5, 0.6) is 5.75 Å². The van der Waals surface area contributed by atoms with Gasteiger partial charge in [-0.2, -0.15) is 0 Å². The van der Waals surface area contributed by atoms with Crippen LogP contribution in [0.15, 0.2) is 29.3 Å². The zero-order valence-corrected chi connectivity index (χ0v) is 18.0. The number of likely N-dealkylation sites (N-methyl/N-ethyl adjacent to an activating group) is 1. The van der Waals surface area contributed by atoms with Crippen molar-refractivity contribution in [3.05, 3.63) is 29.8 Å². The number of halogens is 1. The van der Waals surface area contributed by atoms with E-state index in [1.165, 1.54) is 4.90 Å². The highest BCUT2D eigenvalue weighted by Crippen LogP contribution is 2.13. The highest BCUT2D eigenvalue weighted by molar-refractivity contribution is 14.0. The average molecular weight is 476 g/mol. The van der Waals surface area contributed by atoms with E-state index in [2.05, 4.69) is 15.6 Å². The first-order valence-corrected chi connectivity index (χ1v) is 8.56. The van der Waals surface area contributed by atoms with Gasteiger partial charge >= 0.3 is 0 Å². The lowest BCUT2D eigenvalue weighted by Crippen LogP contribution is -2.40. The Morgan fingerprint density at radius 2 is 2.19 bits per heavy atom. The van der Waals surface area contributed by atoms with Gasteiger partial charge in [-0.25, -0.2) is 0 Å². The van der Waals surface area contributed by atoms with Crippen molar-refractivity contribution >= 4 is 35.8 Å². The number of nitrogens with one attached hydrogen (secondary N) is 2. The number of hydrogen-bond donors (Lipinski definition) is 2. The van der Waals surface area contributed by atoms with Crippen LogP contribution in [0.2, 0.25) is 0 Å². The Morgan fingerprint density at radius 1 is 1.38 bits per heavy atom. The first kappa shape index (κ1) is 22.5. The lowest BCUT2D eigenvalue weighted by atomic mass is 10.2. The number of rotatable bonds is 7. The van der Waals surface area contributed by atoms with Gasteiger partial charge < -0.3 is 25.0 Å². The molecule has 0 saturated carbocycles. The van der Waals surface area contributed by atoms with Crippen molar-refractivity contribution in [1.82, 2.24) is 15.5 Å². The number of benzene rings is 1. The quantitative estimate of drug-likeness (QED) is 0.356. The summed E-state index contributed by atoms with van der Waals surface area (Å²) in [6.07, 6.45) is 2.49. The van der Waals surface area contributed by atoms with Gasteiger partial charge in [-0.05, 0) is 30.5 Å². The first-order chi connectivity index (χ1) is 12.1. The summed E-state index contributed by atoms with van der Waals surface area (Å²) in [4.78, 5) is 17.3. The maximum absolute atomic E-state index is 11.6. The number of hydrogen-bond acceptors (Lipinski definition) is 4. The Bertz CT molecular complexity index is 590. The van der Waals surface area contributed by atoms with Crippen molar-refractivity contribution < 1.29 is 14.3 Å². The molecule has 1 amide bonds. The molecular weight excluding hydrogens is 447 g/mol. The molecule has 8 heteroatoms. The number of carbonyl (C=O) groups excluding carboxylic acids is 1. The van der Waals surface area contributed by atoms with Crippen molar-refractivity contribution in [2.75, 3.05) is 40.9 Å². The number of carbonyl (C=O) groups is 1. The molecule has 0 aliphatic carbocycles. The molecular formula is C18H29IN4O3. The summed E-state index contributed by atoms with van der Waals surface area (Å²) in [6, 6.07) is 7.68. The molecule has 0 bridgehead atoms. The van der Waals surface area contributed by atoms with Crippen LogP contribution in [0.25, 0.3) is 0 Å². The number of aliphatic imine (C=N–C) groups is 1. The Hall–Kier alpha value is -1.55. The van der Waals surface area contributed by atoms with E-state index in [-0.39, 0.29) is 42.6 Å². The summed E-state index contributed by atoms with van der Waals surface area (Å²) in [7, 11) is 5.17. The fraction of sp³-hybridized carbons (Fsp3) is 0.556. The summed E-state index contributed by atoms with van der Waals surface area (Å²) < 4.78 is 11.1. The maximum Gasteiger partial charge on any atom is 0.259 e. The standard InChI is InChI=1S/C18H28N4O3.HI/c1-19-18(21-12-16-8-5-9-24-16)20-11-14-6-4-7-15(10-14)25-13-17(23)22(2)3;/h4,6-7,10,16H,5,8-9,11-13H2,1-3H3,(H2,19,20,21);1H. The molecule has 26 heavy (non-hydrogen) atoms. The second-order valence-corrected chi connectivity index (χ2v) is 6.17. The highest BCUT2D eigenvalue weighted by Gasteiger charge is 2.15. The predicted molar refractivity (Wildman–Crippen MR) is 113 cm³/mol. The molecule has 1 aromatic carbocycles. The van der Waals surface area contributed by atoms with Crippen LogP contribution < -0.4 is 15.4 Å². The number of guanidine groups is 1. The first-order valence-electron chi connectivity index (χ1n) is 8.56. The van der Waals surface area contributed by atoms with E-state index >= 15 is 0 Å². The Kier molecular flexibility index (Phi) is 10.3. The van der Waals surface area contributed by atoms with E-state index in [0.717, 1.165) is 37.5 Å². The smallest absolute Gasteiger partial charge is 0.259 e. The molecule has 0 aromatic heterocycles. The van der Waals surface area contributed by atoms with Crippen LogP contribution in [-0.2, 0) is 16.1 Å². The molecule has 1 heterocycles. The minimum absolute atomic E-state index is 0. The average Bonchev–Trinajstić information content (AvgIpc) is 3.13. The van der Waals surface area contributed by atoms with Gasteiger partial charge in [0.1, 0.15) is 5.75 Å². The van der Waals surface area contributed by atoms with Gasteiger partial charge in [-0.15, -0.1) is 24.0 Å². The normalized spacial score (nSPS) is 16.6. The molecule has 1 unspecified atom stereocenters. The van der Waals surface area contributed by atoms with Gasteiger partial charge in [-0.3, -0.25) is 9.79 Å². The third-order valence-electron chi connectivity index (χ3n) is 3.96. The topological polar surface area (TPSA) is 75.2 Å². The molecule has 146 valence electrons. The fourth-order valence-corrected chi connectivity index (χ4v) is 2.44. The zero-order chi connectivity index (χ0) is 18.1. The van der Waals surface area contributed by atoms with Crippen molar-refractivity contribution in [2.45, 2.75) is 25.5 Å². The van der Waals surface area contributed by atoms with Crippen molar-refractivity contribution in [2.24, 2.45) is 4.99 Å². The molecule has 1 aliphatic rings. The van der Waals surface area contributed by atoms with Gasteiger partial charge in [0.05, 0.1) is 6.10 Å². The van der Waals surface area contributed by atoms with Crippen LogP contribution >= 0.6 is 24.0 Å². The Morgan fingerprint density at radius 3 is 2.85 bits per heavy atom. The minimum atomic E-state index is -0.0673. The molecule has 1 fully saturated rings. The van der Waals surface area contributed by atoms with Crippen molar-refractivity contribution in [3.8, 4) is 5.75 Å². The SMILES string of the molecule is CN=C(NCc1cccc(OCC(=O)N(C)C)c1)NCC1CCCO1.I. The van der Waals surface area contributed by atoms with Gasteiger partial charge in [0.2, 0.25) is 0 Å². The van der Waals surface area contributed by atoms with Crippen molar-refractivity contribution in [3.63, 3.8) is 0 Å². The summed E-state index contributed by atoms with van der Waals surface area (Å²) in [5.41, 5.74) is 1.05. The van der Waals surface area contributed by atoms with Gasteiger partial charge in [0, 0.05) is 40.8 Å². The van der Waals surface area contributed by atoms with E-state index < -0.39 is 0 Å². The van der Waals surface area contributed by atoms with E-state index in [4.69, 9.17) is 9.47 Å². The van der Waals surface area contributed by atoms with Crippen molar-refractivity contribution in [1.29, 1.82) is 0 Å². The van der Waals surface area contributed by atoms with E-state index in [0.29, 0.717) is 12.3 Å². The molecule has 1 aliphatic heterocycles. The Balaban J connectivity index is 0.00000338. The lowest BCUT2D eigenvalue weighted by molar-refractivity contribution is -0.130. The van der Waals surface area contributed by atoms with E-state index in [9.17, 15) is 4.79 Å². The molecule has 1 saturated heterocycles. The molecule has 0 radical (unpaired) electrons. The third-order valence-corrected chi connectivity index (χ3v) is 3.96. The number of nitrogens with zero attached hydrogens (tertiary/aromatic N) is 2.